The molecule has 0 aliphatic rings. The molecule has 0 radical (unpaired) electrons. The van der Waals surface area contributed by atoms with E-state index in [1.54, 1.807) is 19.1 Å². The van der Waals surface area contributed by atoms with Gasteiger partial charge in [0.1, 0.15) is 11.5 Å². The lowest BCUT2D eigenvalue weighted by atomic mass is 10.1. The molecule has 0 saturated carbocycles. The van der Waals surface area contributed by atoms with E-state index in [-0.39, 0.29) is 6.61 Å². The first-order chi connectivity index (χ1) is 12.3. The number of nitrogens with one attached hydrogen (secondary N) is 2. The molecule has 0 fully saturated rings. The normalized spacial score (nSPS) is 11.4. The van der Waals surface area contributed by atoms with Gasteiger partial charge < -0.3 is 9.47 Å². The third-order valence-electron chi connectivity index (χ3n) is 3.85. The number of hydrogen-bond donors (Lipinski definition) is 2. The molecule has 0 aliphatic heterocycles. The highest BCUT2D eigenvalue weighted by Crippen LogP contribution is 2.17. The number of carbonyl (C=O) groups excluding carboxylic acids is 2. The number of aryl methyl sites for hydroxylation is 3. The van der Waals surface area contributed by atoms with Gasteiger partial charge in [-0.15, -0.1) is 0 Å². The number of hydrogen-bond acceptors (Lipinski definition) is 4. The Labute approximate surface area is 153 Å². The fourth-order valence-electron chi connectivity index (χ4n) is 2.17. The van der Waals surface area contributed by atoms with Crippen LogP contribution < -0.4 is 20.3 Å². The Morgan fingerprint density at radius 3 is 2.42 bits per heavy atom. The Kier molecular flexibility index (Phi) is 6.60. The molecule has 138 valence electrons. The molecule has 2 N–H and O–H groups in total. The number of benzene rings is 2. The number of hydrazine groups is 1. The molecular formula is C20H24N2O4. The van der Waals surface area contributed by atoms with Gasteiger partial charge in [0.05, 0.1) is 0 Å². The first-order valence-corrected chi connectivity index (χ1v) is 8.37. The molecule has 2 aromatic rings. The van der Waals surface area contributed by atoms with Crippen molar-refractivity contribution in [2.75, 3.05) is 6.61 Å². The van der Waals surface area contributed by atoms with Crippen LogP contribution in [0.3, 0.4) is 0 Å². The highest BCUT2D eigenvalue weighted by molar-refractivity contribution is 5.85. The third-order valence-corrected chi connectivity index (χ3v) is 3.85. The zero-order valence-electron chi connectivity index (χ0n) is 15.5. The van der Waals surface area contributed by atoms with Crippen LogP contribution >= 0.6 is 0 Å². The van der Waals surface area contributed by atoms with Gasteiger partial charge in [-0.3, -0.25) is 20.4 Å². The SMILES string of the molecule is Cc1cccc(OCC(=O)NNC(=O)C(C)Oc2ccc(C)c(C)c2)c1. The second-order valence-electron chi connectivity index (χ2n) is 6.15. The average Bonchev–Trinajstić information content (AvgIpc) is 2.61. The molecule has 26 heavy (non-hydrogen) atoms. The largest absolute Gasteiger partial charge is 0.484 e. The van der Waals surface area contributed by atoms with Crippen molar-refractivity contribution in [1.29, 1.82) is 0 Å². The van der Waals surface area contributed by atoms with Gasteiger partial charge in [0, 0.05) is 0 Å². The van der Waals surface area contributed by atoms with E-state index < -0.39 is 17.9 Å². The van der Waals surface area contributed by atoms with Crippen molar-refractivity contribution in [1.82, 2.24) is 10.9 Å². The van der Waals surface area contributed by atoms with Gasteiger partial charge in [0.25, 0.3) is 11.8 Å². The number of ether oxygens (including phenoxy) is 2. The van der Waals surface area contributed by atoms with Crippen molar-refractivity contribution in [3.63, 3.8) is 0 Å². The van der Waals surface area contributed by atoms with Crippen LogP contribution in [0.25, 0.3) is 0 Å². The lowest BCUT2D eigenvalue weighted by Gasteiger charge is -2.16. The summed E-state index contributed by atoms with van der Waals surface area (Å²) in [6.07, 6.45) is -0.755. The summed E-state index contributed by atoms with van der Waals surface area (Å²) in [6, 6.07) is 13.0. The van der Waals surface area contributed by atoms with Crippen LogP contribution in [0.4, 0.5) is 0 Å². The van der Waals surface area contributed by atoms with Crippen LogP contribution in [0, 0.1) is 20.8 Å². The van der Waals surface area contributed by atoms with Crippen LogP contribution in [0.5, 0.6) is 11.5 Å². The molecule has 2 amide bonds. The summed E-state index contributed by atoms with van der Waals surface area (Å²) in [5, 5.41) is 0. The van der Waals surface area contributed by atoms with E-state index in [0.717, 1.165) is 16.7 Å². The van der Waals surface area contributed by atoms with E-state index in [4.69, 9.17) is 9.47 Å². The van der Waals surface area contributed by atoms with Crippen molar-refractivity contribution < 1.29 is 19.1 Å². The third kappa shape index (κ3) is 5.81. The number of rotatable bonds is 6. The van der Waals surface area contributed by atoms with Crippen LogP contribution in [-0.2, 0) is 9.59 Å². The summed E-state index contributed by atoms with van der Waals surface area (Å²) in [6.45, 7) is 7.32. The zero-order chi connectivity index (χ0) is 19.1. The van der Waals surface area contributed by atoms with Gasteiger partial charge in [-0.2, -0.15) is 0 Å². The molecule has 2 rings (SSSR count). The van der Waals surface area contributed by atoms with E-state index in [9.17, 15) is 9.59 Å². The minimum Gasteiger partial charge on any atom is -0.484 e. The molecule has 0 aromatic heterocycles. The molecule has 0 aliphatic carbocycles. The van der Waals surface area contributed by atoms with Gasteiger partial charge in [-0.1, -0.05) is 18.2 Å². The minimum absolute atomic E-state index is 0.198. The maximum atomic E-state index is 12.0. The van der Waals surface area contributed by atoms with Gasteiger partial charge in [0.2, 0.25) is 0 Å². The minimum atomic E-state index is -0.755. The predicted molar refractivity (Wildman–Crippen MR) is 99.0 cm³/mol. The maximum absolute atomic E-state index is 12.0. The summed E-state index contributed by atoms with van der Waals surface area (Å²) >= 11 is 0. The first-order valence-electron chi connectivity index (χ1n) is 8.37. The zero-order valence-corrected chi connectivity index (χ0v) is 15.5. The average molecular weight is 356 g/mol. The van der Waals surface area contributed by atoms with E-state index in [1.165, 1.54) is 0 Å². The van der Waals surface area contributed by atoms with Crippen molar-refractivity contribution in [3.8, 4) is 11.5 Å². The fraction of sp³-hybridized carbons (Fsp3) is 0.300. The molecule has 2 aromatic carbocycles. The van der Waals surface area contributed by atoms with Crippen LogP contribution in [0.1, 0.15) is 23.6 Å². The molecule has 1 atom stereocenters. The second kappa shape index (κ2) is 8.89. The molecule has 0 bridgehead atoms. The second-order valence-corrected chi connectivity index (χ2v) is 6.15. The summed E-state index contributed by atoms with van der Waals surface area (Å²) in [5.74, 6) is 0.285. The first kappa shape index (κ1) is 19.3. The van der Waals surface area contributed by atoms with E-state index in [2.05, 4.69) is 10.9 Å². The van der Waals surface area contributed by atoms with Crippen molar-refractivity contribution in [2.45, 2.75) is 33.8 Å². The summed E-state index contributed by atoms with van der Waals surface area (Å²) in [4.78, 5) is 23.8. The Morgan fingerprint density at radius 1 is 0.962 bits per heavy atom. The number of carbonyl (C=O) groups is 2. The van der Waals surface area contributed by atoms with E-state index >= 15 is 0 Å². The van der Waals surface area contributed by atoms with Gasteiger partial charge in [-0.25, -0.2) is 0 Å². The Morgan fingerprint density at radius 2 is 1.73 bits per heavy atom. The molecule has 0 saturated heterocycles. The van der Waals surface area contributed by atoms with Crippen LogP contribution in [-0.4, -0.2) is 24.5 Å². The summed E-state index contributed by atoms with van der Waals surface area (Å²) in [5.41, 5.74) is 7.91. The van der Waals surface area contributed by atoms with E-state index in [0.29, 0.717) is 11.5 Å². The monoisotopic (exact) mass is 356 g/mol. The molecule has 6 heteroatoms. The molecule has 6 nitrogen and oxygen atoms in total. The highest BCUT2D eigenvalue weighted by atomic mass is 16.5. The quantitative estimate of drug-likeness (QED) is 0.780. The lowest BCUT2D eigenvalue weighted by molar-refractivity contribution is -0.133. The van der Waals surface area contributed by atoms with Crippen LogP contribution in [0.15, 0.2) is 42.5 Å². The van der Waals surface area contributed by atoms with Crippen molar-refractivity contribution in [3.05, 3.63) is 59.2 Å². The van der Waals surface area contributed by atoms with Gasteiger partial charge in [0.15, 0.2) is 12.7 Å². The maximum Gasteiger partial charge on any atom is 0.279 e. The summed E-state index contributed by atoms with van der Waals surface area (Å²) in [7, 11) is 0. The highest BCUT2D eigenvalue weighted by Gasteiger charge is 2.15. The molecule has 0 spiro atoms. The standard InChI is InChI=1S/C20H24N2O4/c1-13-6-5-7-17(10-13)25-12-19(23)21-22-20(24)16(4)26-18-9-8-14(2)15(3)11-18/h5-11,16H,12H2,1-4H3,(H,21,23)(H,22,24). The lowest BCUT2D eigenvalue weighted by Crippen LogP contribution is -2.48. The molecule has 0 heterocycles. The van der Waals surface area contributed by atoms with Gasteiger partial charge >= 0.3 is 0 Å². The van der Waals surface area contributed by atoms with Crippen LogP contribution in [0.2, 0.25) is 0 Å². The van der Waals surface area contributed by atoms with E-state index in [1.807, 2.05) is 51.1 Å². The molecule has 1 unspecified atom stereocenters. The van der Waals surface area contributed by atoms with Crippen molar-refractivity contribution in [2.24, 2.45) is 0 Å². The van der Waals surface area contributed by atoms with Crippen molar-refractivity contribution >= 4 is 11.8 Å². The summed E-state index contributed by atoms with van der Waals surface area (Å²) < 4.78 is 11.0. The number of amides is 2. The Bertz CT molecular complexity index is 789. The molecular weight excluding hydrogens is 332 g/mol. The smallest absolute Gasteiger partial charge is 0.279 e. The fourth-order valence-corrected chi connectivity index (χ4v) is 2.17. The predicted octanol–water partition coefficient (Wildman–Crippen LogP) is 2.61. The Hall–Kier alpha value is -3.02. The Balaban J connectivity index is 1.76. The van der Waals surface area contributed by atoms with Gasteiger partial charge in [-0.05, 0) is 68.7 Å². The topological polar surface area (TPSA) is 76.7 Å².